The Kier molecular flexibility index (Phi) is 41.0. The summed E-state index contributed by atoms with van der Waals surface area (Å²) in [6, 6.07) is 68.9. The first-order valence-electron chi connectivity index (χ1n) is 35.0. The van der Waals surface area contributed by atoms with Crippen LogP contribution in [0.15, 0.2) is 210 Å². The van der Waals surface area contributed by atoms with Crippen molar-refractivity contribution in [3.8, 4) is 57.2 Å². The molecule has 0 saturated carbocycles. The predicted molar refractivity (Wildman–Crippen MR) is 435 cm³/mol. The molecule has 0 spiro atoms. The molecular weight excluding hydrogens is 2120 g/mol. The van der Waals surface area contributed by atoms with Crippen molar-refractivity contribution in [2.24, 2.45) is 35.2 Å². The van der Waals surface area contributed by atoms with Gasteiger partial charge in [0, 0.05) is 263 Å². The van der Waals surface area contributed by atoms with E-state index in [2.05, 4.69) is 121 Å². The average molecular weight is 2190 g/mol. The molecule has 0 aliphatic carbocycles. The molecule has 5 heterocycles. The van der Waals surface area contributed by atoms with Crippen LogP contribution in [0.1, 0.15) is 61.2 Å². The number of hydrogen-bond donors (Lipinski definition) is 0. The van der Waals surface area contributed by atoms with Crippen LogP contribution in [0.5, 0.6) is 28.7 Å². The van der Waals surface area contributed by atoms with Crippen LogP contribution >= 0.6 is 50.1 Å². The molecule has 120 heavy (non-hydrogen) atoms. The van der Waals surface area contributed by atoms with Crippen LogP contribution in [0.25, 0.3) is 28.4 Å². The summed E-state index contributed by atoms with van der Waals surface area (Å²) in [6.45, 7) is 12.8. The van der Waals surface area contributed by atoms with E-state index in [4.69, 9.17) is 35.3 Å². The third kappa shape index (κ3) is 25.6. The van der Waals surface area contributed by atoms with Gasteiger partial charge in [0.25, 0.3) is 0 Å². The number of rotatable bonds is 20. The normalized spacial score (nSPS) is 10.3. The maximum absolute atomic E-state index is 14.2. The van der Waals surface area contributed by atoms with E-state index >= 15 is 0 Å². The van der Waals surface area contributed by atoms with Crippen molar-refractivity contribution in [3.63, 3.8) is 0 Å². The van der Waals surface area contributed by atoms with Crippen LogP contribution in [-0.2, 0) is 232 Å². The Balaban J connectivity index is 0.000000230. The zero-order valence-corrected chi connectivity index (χ0v) is 85.5. The maximum Gasteiger partial charge on any atom is 0.368 e. The number of nitrogens with zero attached hydrogens (tertiary/aromatic N) is 20. The first-order chi connectivity index (χ1) is 55.4. The summed E-state index contributed by atoms with van der Waals surface area (Å²) in [6.07, 6.45) is 0. The van der Waals surface area contributed by atoms with Crippen LogP contribution in [0.2, 0.25) is 5.02 Å². The first kappa shape index (κ1) is 101. The van der Waals surface area contributed by atoms with Crippen LogP contribution in [0.4, 0.5) is 4.39 Å². The molecule has 39 heteroatoms. The zero-order valence-electron chi connectivity index (χ0n) is 66.8. The van der Waals surface area contributed by atoms with Crippen molar-refractivity contribution < 1.29 is 192 Å². The van der Waals surface area contributed by atoms with E-state index in [0.29, 0.717) is 64.6 Å². The molecule has 5 aromatic heterocycles. The summed E-state index contributed by atoms with van der Waals surface area (Å²) in [5, 5.41) is 38.5. The summed E-state index contributed by atoms with van der Waals surface area (Å²) < 4.78 is 57.2. The van der Waals surface area contributed by atoms with Crippen molar-refractivity contribution in [2.75, 3.05) is 0 Å². The van der Waals surface area contributed by atoms with Gasteiger partial charge in [-0.05, 0) is 142 Å². The number of aryl methyl sites for hydroxylation is 11. The Hall–Kier alpha value is -7.50. The van der Waals surface area contributed by atoms with Gasteiger partial charge in [0.2, 0.25) is 0 Å². The molecule has 0 amide bonds. The topological polar surface area (TPSA) is 310 Å². The van der Waals surface area contributed by atoms with Gasteiger partial charge in [-0.3, -0.25) is 0 Å². The van der Waals surface area contributed by atoms with Gasteiger partial charge in [0.05, 0.1) is 34.0 Å². The minimum absolute atomic E-state index is 0. The molecule has 0 atom stereocenters. The van der Waals surface area contributed by atoms with Crippen molar-refractivity contribution in [1.82, 2.24) is 99.0 Å². The Morgan fingerprint density at radius 1 is 0.333 bits per heavy atom. The van der Waals surface area contributed by atoms with Crippen molar-refractivity contribution in [1.29, 1.82) is 0 Å². The van der Waals surface area contributed by atoms with Gasteiger partial charge in [-0.2, -0.15) is 138 Å². The SMILES string of the molecule is Cc1c[c-]ccc1OCc1c(Br)cccc1-n1nnn(C)c1=O.Cc1c[c-]ccc1OCc1c(C)cccc1-n1nnn(C)c1=O.Cc1c[c-]ccc1OCc1c(Cl)cccc1-n1nnn(C)c1=O.Cc1c[c-]ccc1OCc1c(F)cccc1-n1nnn(C)c1=O.Cc1c[c-]ccc1OCc1c(I)cccc1-n1nnn(C)c1=O.[Y].[Y].[Y].[Y].[Y]. The van der Waals surface area contributed by atoms with Crippen molar-refractivity contribution in [2.45, 2.75) is 74.6 Å². The Bertz CT molecular complexity index is 5410. The van der Waals surface area contributed by atoms with E-state index < -0.39 is 11.5 Å². The Morgan fingerprint density at radius 3 is 0.925 bits per heavy atom. The second-order valence-corrected chi connectivity index (χ2v) is 27.8. The summed E-state index contributed by atoms with van der Waals surface area (Å²) >= 11 is 12.0. The number of halogens is 4. The zero-order chi connectivity index (χ0) is 82.0. The number of ether oxygens (including phenoxy) is 5. The molecule has 0 unspecified atom stereocenters. The van der Waals surface area contributed by atoms with Gasteiger partial charge in [0.1, 0.15) is 38.9 Å². The monoisotopic (exact) mass is 2190 g/mol. The van der Waals surface area contributed by atoms with E-state index in [0.717, 1.165) is 95.2 Å². The van der Waals surface area contributed by atoms with Gasteiger partial charge >= 0.3 is 28.4 Å². The molecular formula is C81H73BrClFIN20O10Y5-5. The smallest absolute Gasteiger partial charge is 0.368 e. The number of tetrazole rings is 5. The third-order valence-electron chi connectivity index (χ3n) is 17.5. The molecule has 15 rings (SSSR count). The van der Waals surface area contributed by atoms with E-state index in [1.54, 1.807) is 75.7 Å². The largest absolute Gasteiger partial charge is 0.514 e. The molecule has 15 aromatic rings. The van der Waals surface area contributed by atoms with E-state index in [1.165, 1.54) is 59.0 Å². The minimum Gasteiger partial charge on any atom is -0.514 e. The standard InChI is InChI=1S/C17H17N4O2.C16H14BrN4O2.C16H14ClN4O2.C16H14FN4O2.C16H14IN4O2.5Y/c1-12-8-6-9-15(21-17(22)20(3)18-19-21)14(12)11-23-16-10-5-4-7-13(16)2;4*1-11-6-3-4-9-15(11)23-10-12-13(17)7-5-8-14(12)21-16(22)20(2)18-19-21;;;;;/h5-10H,11H2,1-3H3;4*4-9H,10H2,1-2H3;;;;;/q5*-1;;;;;. The summed E-state index contributed by atoms with van der Waals surface area (Å²) in [7, 11) is 7.71. The van der Waals surface area contributed by atoms with E-state index in [-0.39, 0.29) is 205 Å². The van der Waals surface area contributed by atoms with Crippen LogP contribution in [-0.4, -0.2) is 99.0 Å². The first-order valence-corrected chi connectivity index (χ1v) is 37.3. The number of hydrogen-bond acceptors (Lipinski definition) is 20. The molecule has 605 valence electrons. The van der Waals surface area contributed by atoms with Crippen LogP contribution in [0.3, 0.4) is 0 Å². The molecule has 0 bridgehead atoms. The molecule has 0 aliphatic heterocycles. The number of aromatic nitrogens is 20. The summed E-state index contributed by atoms with van der Waals surface area (Å²) in [5.41, 5.74) is 10.6. The van der Waals surface area contributed by atoms with E-state index in [1.807, 2.05) is 157 Å². The molecule has 0 fully saturated rings. The van der Waals surface area contributed by atoms with Gasteiger partial charge in [0.15, 0.2) is 0 Å². The fourth-order valence-electron chi connectivity index (χ4n) is 11.0. The Morgan fingerprint density at radius 2 is 0.592 bits per heavy atom. The van der Waals surface area contributed by atoms with Gasteiger partial charge < -0.3 is 23.7 Å². The molecule has 5 radical (unpaired) electrons. The minimum atomic E-state index is -0.472. The second kappa shape index (κ2) is 48.5. The van der Waals surface area contributed by atoms with Crippen molar-refractivity contribution in [3.05, 3.63) is 345 Å². The predicted octanol–water partition coefficient (Wildman–Crippen LogP) is 10.7. The van der Waals surface area contributed by atoms with Crippen molar-refractivity contribution >= 4 is 50.1 Å². The van der Waals surface area contributed by atoms with E-state index in [9.17, 15) is 28.4 Å². The summed E-state index contributed by atoms with van der Waals surface area (Å²) in [4.78, 5) is 60.4. The quantitative estimate of drug-likeness (QED) is 0.0505. The molecule has 30 nitrogen and oxygen atoms in total. The second-order valence-electron chi connectivity index (χ2n) is 25.4. The molecule has 10 aromatic carbocycles. The average Bonchev–Trinajstić information content (AvgIpc) is 1.60. The molecule has 0 N–H and O–H groups in total. The summed E-state index contributed by atoms with van der Waals surface area (Å²) in [5.74, 6) is 3.26. The van der Waals surface area contributed by atoms with Gasteiger partial charge in [-0.1, -0.05) is 98.5 Å². The molecule has 0 aliphatic rings. The fourth-order valence-corrected chi connectivity index (χ4v) is 12.3. The van der Waals surface area contributed by atoms with Crippen LogP contribution < -0.4 is 52.1 Å². The third-order valence-corrected chi connectivity index (χ3v) is 19.6. The fraction of sp³-hybridized carbons (Fsp3) is 0.198. The molecule has 0 saturated heterocycles. The Labute approximate surface area is 841 Å². The van der Waals surface area contributed by atoms with Gasteiger partial charge in [-0.25, -0.2) is 28.4 Å². The van der Waals surface area contributed by atoms with Crippen LogP contribution in [0, 0.1) is 81.3 Å². The maximum atomic E-state index is 14.2. The number of benzene rings is 10. The van der Waals surface area contributed by atoms with Gasteiger partial charge in [-0.15, -0.1) is 58.1 Å².